The molecule has 1 aliphatic heterocycles. The Kier molecular flexibility index (Phi) is 2.46. The molecule has 1 aromatic heterocycles. The molecular formula is C8H14N4S. The summed E-state index contributed by atoms with van der Waals surface area (Å²) in [6.07, 6.45) is 1.20. The highest BCUT2D eigenvalue weighted by atomic mass is 32.1. The van der Waals surface area contributed by atoms with Gasteiger partial charge >= 0.3 is 0 Å². The van der Waals surface area contributed by atoms with Crippen LogP contribution in [-0.2, 0) is 0 Å². The normalized spacial score (nSPS) is 22.2. The molecule has 1 fully saturated rings. The molecule has 1 N–H and O–H groups in total. The van der Waals surface area contributed by atoms with Crippen molar-refractivity contribution < 1.29 is 0 Å². The first-order valence-electron chi connectivity index (χ1n) is 4.51. The number of hydrogen-bond donors (Lipinski definition) is 1. The summed E-state index contributed by atoms with van der Waals surface area (Å²) in [5.41, 5.74) is 0. The number of aryl methyl sites for hydroxylation is 1. The summed E-state index contributed by atoms with van der Waals surface area (Å²) in [5.74, 6) is 0. The van der Waals surface area contributed by atoms with Crippen LogP contribution in [0.25, 0.3) is 0 Å². The zero-order valence-corrected chi connectivity index (χ0v) is 8.77. The Hall–Kier alpha value is -0.680. The minimum atomic E-state index is 0.590. The second-order valence-corrected chi connectivity index (χ2v) is 4.52. The van der Waals surface area contributed by atoms with E-state index in [1.165, 1.54) is 6.42 Å². The van der Waals surface area contributed by atoms with E-state index in [2.05, 4.69) is 27.5 Å². The van der Waals surface area contributed by atoms with Crippen molar-refractivity contribution in [3.63, 3.8) is 0 Å². The van der Waals surface area contributed by atoms with E-state index in [-0.39, 0.29) is 0 Å². The van der Waals surface area contributed by atoms with Gasteiger partial charge in [-0.25, -0.2) is 0 Å². The van der Waals surface area contributed by atoms with Gasteiger partial charge in [0.1, 0.15) is 5.01 Å². The van der Waals surface area contributed by atoms with Crippen LogP contribution >= 0.6 is 11.3 Å². The maximum atomic E-state index is 4.13. The van der Waals surface area contributed by atoms with Crippen molar-refractivity contribution in [3.8, 4) is 0 Å². The van der Waals surface area contributed by atoms with E-state index in [1.807, 2.05) is 6.92 Å². The van der Waals surface area contributed by atoms with Crippen LogP contribution in [-0.4, -0.2) is 36.4 Å². The number of nitrogens with one attached hydrogen (secondary N) is 1. The highest BCUT2D eigenvalue weighted by Crippen LogP contribution is 2.21. The second kappa shape index (κ2) is 3.59. The monoisotopic (exact) mass is 198 g/mol. The van der Waals surface area contributed by atoms with Gasteiger partial charge in [-0.3, -0.25) is 0 Å². The lowest BCUT2D eigenvalue weighted by Gasteiger charge is -2.21. The molecule has 2 rings (SSSR count). The van der Waals surface area contributed by atoms with Gasteiger partial charge in [0, 0.05) is 19.6 Å². The summed E-state index contributed by atoms with van der Waals surface area (Å²) in [5, 5.41) is 13.6. The van der Waals surface area contributed by atoms with Gasteiger partial charge in [-0.15, -0.1) is 10.2 Å². The van der Waals surface area contributed by atoms with Crippen LogP contribution in [0.1, 0.15) is 11.4 Å². The molecule has 0 saturated carbocycles. The fourth-order valence-corrected chi connectivity index (χ4v) is 2.28. The quantitative estimate of drug-likeness (QED) is 0.757. The van der Waals surface area contributed by atoms with Gasteiger partial charge in [0.25, 0.3) is 0 Å². The van der Waals surface area contributed by atoms with Gasteiger partial charge in [-0.05, 0) is 19.9 Å². The third-order valence-corrected chi connectivity index (χ3v) is 3.33. The van der Waals surface area contributed by atoms with Gasteiger partial charge in [0.05, 0.1) is 0 Å². The first kappa shape index (κ1) is 8.90. The van der Waals surface area contributed by atoms with Crippen molar-refractivity contribution in [2.45, 2.75) is 19.4 Å². The topological polar surface area (TPSA) is 41.1 Å². The highest BCUT2D eigenvalue weighted by molar-refractivity contribution is 7.15. The number of aromatic nitrogens is 2. The molecule has 13 heavy (non-hydrogen) atoms. The largest absolute Gasteiger partial charge is 0.345 e. The van der Waals surface area contributed by atoms with Crippen LogP contribution in [0.15, 0.2) is 0 Å². The molecule has 0 spiro atoms. The van der Waals surface area contributed by atoms with E-state index in [4.69, 9.17) is 0 Å². The van der Waals surface area contributed by atoms with Crippen molar-refractivity contribution in [2.24, 2.45) is 0 Å². The van der Waals surface area contributed by atoms with E-state index in [1.54, 1.807) is 11.3 Å². The summed E-state index contributed by atoms with van der Waals surface area (Å²) >= 11 is 1.66. The lowest BCUT2D eigenvalue weighted by atomic mass is 10.2. The summed E-state index contributed by atoms with van der Waals surface area (Å²) in [4.78, 5) is 2.23. The number of rotatable bonds is 2. The standard InChI is InChI=1S/C8H14N4S/c1-6-10-11-8(13-6)12(2)7-3-4-9-5-7/h7,9H,3-5H2,1-2H3. The minimum absolute atomic E-state index is 0.590. The summed E-state index contributed by atoms with van der Waals surface area (Å²) in [6, 6.07) is 0.590. The predicted molar refractivity (Wildman–Crippen MR) is 54.3 cm³/mol. The summed E-state index contributed by atoms with van der Waals surface area (Å²) in [6.45, 7) is 4.17. The SMILES string of the molecule is Cc1nnc(N(C)C2CCNC2)s1. The molecule has 1 aromatic rings. The van der Waals surface area contributed by atoms with Crippen LogP contribution in [0, 0.1) is 6.92 Å². The van der Waals surface area contributed by atoms with Crippen molar-refractivity contribution >= 4 is 16.5 Å². The Morgan fingerprint density at radius 1 is 1.54 bits per heavy atom. The predicted octanol–water partition coefficient (Wildman–Crippen LogP) is 0.645. The van der Waals surface area contributed by atoms with E-state index >= 15 is 0 Å². The maximum Gasteiger partial charge on any atom is 0.208 e. The first-order chi connectivity index (χ1) is 6.27. The van der Waals surface area contributed by atoms with Crippen LogP contribution in [0.3, 0.4) is 0 Å². The van der Waals surface area contributed by atoms with E-state index in [0.717, 1.165) is 23.2 Å². The lowest BCUT2D eigenvalue weighted by molar-refractivity contribution is 0.680. The summed E-state index contributed by atoms with van der Waals surface area (Å²) < 4.78 is 0. The Balaban J connectivity index is 2.07. The smallest absolute Gasteiger partial charge is 0.208 e. The molecule has 0 aromatic carbocycles. The van der Waals surface area contributed by atoms with Crippen LogP contribution < -0.4 is 10.2 Å². The van der Waals surface area contributed by atoms with Crippen molar-refractivity contribution in [2.75, 3.05) is 25.0 Å². The molecule has 0 aliphatic carbocycles. The lowest BCUT2D eigenvalue weighted by Crippen LogP contribution is -2.33. The van der Waals surface area contributed by atoms with Gasteiger partial charge in [0.2, 0.25) is 5.13 Å². The molecule has 0 amide bonds. The molecular weight excluding hydrogens is 184 g/mol. The molecule has 1 atom stereocenters. The molecule has 5 heteroatoms. The van der Waals surface area contributed by atoms with Crippen LogP contribution in [0.4, 0.5) is 5.13 Å². The van der Waals surface area contributed by atoms with Crippen molar-refractivity contribution in [3.05, 3.63) is 5.01 Å². The van der Waals surface area contributed by atoms with Crippen LogP contribution in [0.2, 0.25) is 0 Å². The fourth-order valence-electron chi connectivity index (χ4n) is 1.55. The Labute approximate surface area is 82.0 Å². The first-order valence-corrected chi connectivity index (χ1v) is 5.32. The molecule has 0 bridgehead atoms. The Morgan fingerprint density at radius 3 is 2.92 bits per heavy atom. The van der Waals surface area contributed by atoms with Crippen molar-refractivity contribution in [1.29, 1.82) is 0 Å². The maximum absolute atomic E-state index is 4.13. The Bertz CT molecular complexity index is 279. The van der Waals surface area contributed by atoms with E-state index in [0.29, 0.717) is 6.04 Å². The van der Waals surface area contributed by atoms with Crippen LogP contribution in [0.5, 0.6) is 0 Å². The van der Waals surface area contributed by atoms with Gasteiger partial charge in [-0.1, -0.05) is 11.3 Å². The fraction of sp³-hybridized carbons (Fsp3) is 0.750. The van der Waals surface area contributed by atoms with E-state index in [9.17, 15) is 0 Å². The van der Waals surface area contributed by atoms with Gasteiger partial charge in [0.15, 0.2) is 0 Å². The average Bonchev–Trinajstić information content (AvgIpc) is 2.72. The average molecular weight is 198 g/mol. The van der Waals surface area contributed by atoms with Gasteiger partial charge in [-0.2, -0.15) is 0 Å². The third-order valence-electron chi connectivity index (χ3n) is 2.40. The number of anilines is 1. The zero-order valence-electron chi connectivity index (χ0n) is 7.95. The van der Waals surface area contributed by atoms with Crippen molar-refractivity contribution in [1.82, 2.24) is 15.5 Å². The molecule has 0 radical (unpaired) electrons. The molecule has 1 aliphatic rings. The molecule has 1 unspecified atom stereocenters. The second-order valence-electron chi connectivity index (χ2n) is 3.36. The molecule has 4 nitrogen and oxygen atoms in total. The molecule has 2 heterocycles. The zero-order chi connectivity index (χ0) is 9.26. The van der Waals surface area contributed by atoms with E-state index < -0.39 is 0 Å². The molecule has 1 saturated heterocycles. The van der Waals surface area contributed by atoms with Gasteiger partial charge < -0.3 is 10.2 Å². The summed E-state index contributed by atoms with van der Waals surface area (Å²) in [7, 11) is 2.09. The number of nitrogens with zero attached hydrogens (tertiary/aromatic N) is 3. The Morgan fingerprint density at radius 2 is 2.38 bits per heavy atom. The molecule has 72 valence electrons. The minimum Gasteiger partial charge on any atom is -0.345 e. The number of likely N-dealkylation sites (N-methyl/N-ethyl adjacent to an activating group) is 1. The highest BCUT2D eigenvalue weighted by Gasteiger charge is 2.21. The number of hydrogen-bond acceptors (Lipinski definition) is 5. The third kappa shape index (κ3) is 1.81.